The molecule has 2 N–H and O–H groups in total. The summed E-state index contributed by atoms with van der Waals surface area (Å²) in [5, 5.41) is 6.45. The van der Waals surface area contributed by atoms with Gasteiger partial charge in [0.1, 0.15) is 5.75 Å². The van der Waals surface area contributed by atoms with Gasteiger partial charge in [0.05, 0.1) is 0 Å². The van der Waals surface area contributed by atoms with E-state index < -0.39 is 12.8 Å². The topological polar surface area (TPSA) is 52.1 Å². The molecule has 1 heterocycles. The first kappa shape index (κ1) is 22.3. The van der Waals surface area contributed by atoms with Crippen molar-refractivity contribution in [3.05, 3.63) is 29.3 Å². The minimum Gasteiger partial charge on any atom is -0.484 e. The predicted octanol–water partition coefficient (Wildman–Crippen LogP) is 1.85. The smallest absolute Gasteiger partial charge is 0.422 e. The maximum Gasteiger partial charge on any atom is 0.422 e. The minimum atomic E-state index is -4.37. The van der Waals surface area contributed by atoms with Gasteiger partial charge in [-0.25, -0.2) is 0 Å². The van der Waals surface area contributed by atoms with E-state index in [-0.39, 0.29) is 5.75 Å². The number of guanidine groups is 1. The SMILES string of the molecule is CN=C(NCc1ccc(C)cc1OCC(F)(F)F)NCC1CN(C)CCN1C. The predicted molar refractivity (Wildman–Crippen MR) is 105 cm³/mol. The van der Waals surface area contributed by atoms with Crippen molar-refractivity contribution in [2.24, 2.45) is 4.99 Å². The zero-order chi connectivity index (χ0) is 20.7. The highest BCUT2D eigenvalue weighted by Gasteiger charge is 2.29. The zero-order valence-corrected chi connectivity index (χ0v) is 16.9. The Morgan fingerprint density at radius 3 is 2.68 bits per heavy atom. The Balaban J connectivity index is 1.92. The number of hydrogen-bond acceptors (Lipinski definition) is 4. The monoisotopic (exact) mass is 401 g/mol. The lowest BCUT2D eigenvalue weighted by Gasteiger charge is -2.37. The van der Waals surface area contributed by atoms with Crippen molar-refractivity contribution in [1.29, 1.82) is 0 Å². The van der Waals surface area contributed by atoms with E-state index >= 15 is 0 Å². The Morgan fingerprint density at radius 2 is 2.00 bits per heavy atom. The molecule has 0 amide bonds. The fourth-order valence-corrected chi connectivity index (χ4v) is 3.04. The van der Waals surface area contributed by atoms with Crippen molar-refractivity contribution in [3.63, 3.8) is 0 Å². The fourth-order valence-electron chi connectivity index (χ4n) is 3.04. The molecule has 1 aromatic rings. The molecule has 0 aliphatic carbocycles. The van der Waals surface area contributed by atoms with Gasteiger partial charge in [-0.1, -0.05) is 12.1 Å². The zero-order valence-electron chi connectivity index (χ0n) is 16.9. The Kier molecular flexibility index (Phi) is 7.94. The summed E-state index contributed by atoms with van der Waals surface area (Å²) in [7, 11) is 5.88. The summed E-state index contributed by atoms with van der Waals surface area (Å²) in [6.45, 7) is 4.58. The summed E-state index contributed by atoms with van der Waals surface area (Å²) in [6.07, 6.45) is -4.37. The third-order valence-electron chi connectivity index (χ3n) is 4.77. The minimum absolute atomic E-state index is 0.230. The number of alkyl halides is 3. The average molecular weight is 401 g/mol. The number of ether oxygens (including phenoxy) is 1. The molecule has 1 aliphatic rings. The summed E-state index contributed by atoms with van der Waals surface area (Å²) >= 11 is 0. The standard InChI is InChI=1S/C19H30F3N5O/c1-14-5-6-15(17(9-14)28-13-19(20,21)22)10-24-18(23-2)25-11-16-12-26(3)7-8-27(16)4/h5-6,9,16H,7-8,10-13H2,1-4H3,(H2,23,24,25). The molecule has 1 aliphatic heterocycles. The molecule has 28 heavy (non-hydrogen) atoms. The number of piperazine rings is 1. The van der Waals surface area contributed by atoms with Crippen LogP contribution in [0.4, 0.5) is 13.2 Å². The number of likely N-dealkylation sites (N-methyl/N-ethyl adjacent to an activating group) is 2. The van der Waals surface area contributed by atoms with Crippen LogP contribution >= 0.6 is 0 Å². The van der Waals surface area contributed by atoms with Gasteiger partial charge in [-0.3, -0.25) is 9.89 Å². The number of nitrogens with zero attached hydrogens (tertiary/aromatic N) is 3. The van der Waals surface area contributed by atoms with Crippen molar-refractivity contribution in [2.45, 2.75) is 25.7 Å². The Bertz CT molecular complexity index is 665. The van der Waals surface area contributed by atoms with Gasteiger partial charge in [0.15, 0.2) is 12.6 Å². The van der Waals surface area contributed by atoms with Crippen molar-refractivity contribution in [3.8, 4) is 5.75 Å². The summed E-state index contributed by atoms with van der Waals surface area (Å²) in [4.78, 5) is 8.81. The van der Waals surface area contributed by atoms with Gasteiger partial charge in [0.2, 0.25) is 0 Å². The Morgan fingerprint density at radius 1 is 1.25 bits per heavy atom. The van der Waals surface area contributed by atoms with Crippen LogP contribution in [0.5, 0.6) is 5.75 Å². The van der Waals surface area contributed by atoms with Crippen LogP contribution in [0.1, 0.15) is 11.1 Å². The first-order valence-electron chi connectivity index (χ1n) is 9.30. The number of aryl methyl sites for hydroxylation is 1. The summed E-state index contributed by atoms with van der Waals surface area (Å²) in [6, 6.07) is 5.60. The van der Waals surface area contributed by atoms with E-state index in [1.165, 1.54) is 0 Å². The molecule has 0 saturated carbocycles. The highest BCUT2D eigenvalue weighted by molar-refractivity contribution is 5.79. The van der Waals surface area contributed by atoms with Crippen molar-refractivity contribution < 1.29 is 17.9 Å². The van der Waals surface area contributed by atoms with E-state index in [9.17, 15) is 13.2 Å². The van der Waals surface area contributed by atoms with Gasteiger partial charge < -0.3 is 20.3 Å². The Hall–Kier alpha value is -2.00. The second-order valence-electron chi connectivity index (χ2n) is 7.22. The van der Waals surface area contributed by atoms with Crippen molar-refractivity contribution >= 4 is 5.96 Å². The highest BCUT2D eigenvalue weighted by atomic mass is 19.4. The van der Waals surface area contributed by atoms with Gasteiger partial charge in [0.25, 0.3) is 0 Å². The van der Waals surface area contributed by atoms with Crippen LogP contribution < -0.4 is 15.4 Å². The van der Waals surface area contributed by atoms with Crippen LogP contribution in [0.25, 0.3) is 0 Å². The van der Waals surface area contributed by atoms with E-state index in [1.807, 2.05) is 13.0 Å². The number of nitrogens with one attached hydrogen (secondary N) is 2. The number of halogens is 3. The molecule has 6 nitrogen and oxygen atoms in total. The largest absolute Gasteiger partial charge is 0.484 e. The van der Waals surface area contributed by atoms with E-state index in [1.54, 1.807) is 19.2 Å². The second kappa shape index (κ2) is 9.97. The molecule has 9 heteroatoms. The number of aliphatic imine (C=N–C) groups is 1. The Labute approximate surface area is 164 Å². The van der Waals surface area contributed by atoms with Crippen LogP contribution in [0.2, 0.25) is 0 Å². The van der Waals surface area contributed by atoms with Gasteiger partial charge in [0, 0.05) is 51.4 Å². The molecule has 2 rings (SSSR count). The molecule has 1 atom stereocenters. The van der Waals surface area contributed by atoms with Crippen LogP contribution in [-0.4, -0.2) is 81.9 Å². The second-order valence-corrected chi connectivity index (χ2v) is 7.22. The maximum atomic E-state index is 12.5. The summed E-state index contributed by atoms with van der Waals surface area (Å²) < 4.78 is 42.5. The average Bonchev–Trinajstić information content (AvgIpc) is 2.63. The lowest BCUT2D eigenvalue weighted by Crippen LogP contribution is -2.55. The molecule has 0 bridgehead atoms. The summed E-state index contributed by atoms with van der Waals surface area (Å²) in [5.41, 5.74) is 1.49. The fraction of sp³-hybridized carbons (Fsp3) is 0.632. The molecular weight excluding hydrogens is 371 g/mol. The van der Waals surface area contributed by atoms with Gasteiger partial charge in [-0.2, -0.15) is 13.2 Å². The normalized spacial score (nSPS) is 19.5. The molecule has 158 valence electrons. The van der Waals surface area contributed by atoms with Crippen LogP contribution in [-0.2, 0) is 6.54 Å². The van der Waals surface area contributed by atoms with Gasteiger partial charge in [-0.05, 0) is 32.6 Å². The van der Waals surface area contributed by atoms with Crippen LogP contribution in [0.15, 0.2) is 23.2 Å². The van der Waals surface area contributed by atoms with E-state index in [4.69, 9.17) is 4.74 Å². The first-order valence-corrected chi connectivity index (χ1v) is 9.30. The lowest BCUT2D eigenvalue weighted by atomic mass is 10.1. The lowest BCUT2D eigenvalue weighted by molar-refractivity contribution is -0.153. The van der Waals surface area contributed by atoms with Gasteiger partial charge >= 0.3 is 6.18 Å². The molecule has 1 saturated heterocycles. The maximum absolute atomic E-state index is 12.5. The number of rotatable bonds is 6. The third-order valence-corrected chi connectivity index (χ3v) is 4.77. The molecule has 1 unspecified atom stereocenters. The molecular formula is C19H30F3N5O. The molecule has 0 radical (unpaired) electrons. The number of hydrogen-bond donors (Lipinski definition) is 2. The van der Waals surface area contributed by atoms with Gasteiger partial charge in [-0.15, -0.1) is 0 Å². The quantitative estimate of drug-likeness (QED) is 0.563. The molecule has 1 fully saturated rings. The molecule has 0 spiro atoms. The van der Waals surface area contributed by atoms with Crippen LogP contribution in [0.3, 0.4) is 0 Å². The highest BCUT2D eigenvalue weighted by Crippen LogP contribution is 2.23. The van der Waals surface area contributed by atoms with Crippen molar-refractivity contribution in [1.82, 2.24) is 20.4 Å². The third kappa shape index (κ3) is 7.20. The molecule has 1 aromatic carbocycles. The van der Waals surface area contributed by atoms with E-state index in [0.29, 0.717) is 24.1 Å². The van der Waals surface area contributed by atoms with Crippen molar-refractivity contribution in [2.75, 3.05) is 53.9 Å². The van der Waals surface area contributed by atoms with E-state index in [0.717, 1.165) is 31.7 Å². The molecule has 0 aromatic heterocycles. The summed E-state index contributed by atoms with van der Waals surface area (Å²) in [5.74, 6) is 0.831. The van der Waals surface area contributed by atoms with Crippen LogP contribution in [0, 0.1) is 6.92 Å². The first-order chi connectivity index (χ1) is 13.2. The van der Waals surface area contributed by atoms with E-state index in [2.05, 4.69) is 39.5 Å². The number of benzene rings is 1.